The van der Waals surface area contributed by atoms with Crippen molar-refractivity contribution in [2.24, 2.45) is 17.8 Å². The minimum Gasteiger partial charge on any atom is -0.0628 e. The Morgan fingerprint density at radius 2 is 1.77 bits per heavy atom. The van der Waals surface area contributed by atoms with E-state index in [1.54, 1.807) is 0 Å². The second-order valence-corrected chi connectivity index (χ2v) is 5.35. The van der Waals surface area contributed by atoms with Crippen LogP contribution in [0.3, 0.4) is 0 Å². The van der Waals surface area contributed by atoms with E-state index >= 15 is 0 Å². The molecule has 0 heteroatoms. The molecule has 0 N–H and O–H groups in total. The predicted octanol–water partition coefficient (Wildman–Crippen LogP) is 4.64. The Morgan fingerprint density at radius 3 is 2.46 bits per heavy atom. The average Bonchev–Trinajstić information content (AvgIpc) is 2.27. The van der Waals surface area contributed by atoms with Gasteiger partial charge in [0, 0.05) is 0 Å². The molecule has 0 aromatic carbocycles. The van der Waals surface area contributed by atoms with Crippen LogP contribution in [0.25, 0.3) is 0 Å². The van der Waals surface area contributed by atoms with Crippen LogP contribution in [0.4, 0.5) is 0 Å². The fourth-order valence-corrected chi connectivity index (χ4v) is 2.55. The van der Waals surface area contributed by atoms with Crippen molar-refractivity contribution in [3.8, 4) is 0 Å². The molecule has 1 saturated carbocycles. The van der Waals surface area contributed by atoms with Gasteiger partial charge in [-0.15, -0.1) is 0 Å². The van der Waals surface area contributed by atoms with Gasteiger partial charge in [-0.2, -0.15) is 0 Å². The molecule has 0 saturated heterocycles. The van der Waals surface area contributed by atoms with Crippen molar-refractivity contribution in [2.75, 3.05) is 0 Å². The molecule has 0 aliphatic heterocycles. The summed E-state index contributed by atoms with van der Waals surface area (Å²) in [6.07, 6.45) is 10.4. The lowest BCUT2D eigenvalue weighted by molar-refractivity contribution is 0.296. The van der Waals surface area contributed by atoms with Gasteiger partial charge in [0.1, 0.15) is 0 Å². The van der Waals surface area contributed by atoms with E-state index in [-0.39, 0.29) is 0 Å². The van der Waals surface area contributed by atoms with Crippen LogP contribution in [0.5, 0.6) is 0 Å². The molecule has 2 unspecified atom stereocenters. The standard InChI is InChI=1S/C13H26/c1-11(2)9-10-13-8-6-4-5-7-12(13)3/h11-13H,4-10H2,1-3H3. The normalized spacial score (nSPS) is 30.5. The van der Waals surface area contributed by atoms with Crippen molar-refractivity contribution in [3.05, 3.63) is 0 Å². The summed E-state index contributed by atoms with van der Waals surface area (Å²) in [6, 6.07) is 0. The molecular weight excluding hydrogens is 156 g/mol. The molecule has 2 atom stereocenters. The zero-order chi connectivity index (χ0) is 9.68. The summed E-state index contributed by atoms with van der Waals surface area (Å²) in [5.74, 6) is 2.95. The number of hydrogen-bond donors (Lipinski definition) is 0. The summed E-state index contributed by atoms with van der Waals surface area (Å²) >= 11 is 0. The number of hydrogen-bond acceptors (Lipinski definition) is 0. The Morgan fingerprint density at radius 1 is 1.08 bits per heavy atom. The van der Waals surface area contributed by atoms with Gasteiger partial charge in [-0.25, -0.2) is 0 Å². The largest absolute Gasteiger partial charge is 0.0628 e. The number of rotatable bonds is 3. The third-order valence-corrected chi connectivity index (χ3v) is 3.65. The third-order valence-electron chi connectivity index (χ3n) is 3.65. The van der Waals surface area contributed by atoms with E-state index in [1.165, 1.54) is 44.9 Å². The molecule has 0 radical (unpaired) electrons. The van der Waals surface area contributed by atoms with Crippen LogP contribution in [0, 0.1) is 17.8 Å². The molecule has 0 spiro atoms. The molecule has 1 aliphatic rings. The first kappa shape index (κ1) is 11.1. The van der Waals surface area contributed by atoms with E-state index in [0.717, 1.165) is 17.8 Å². The zero-order valence-corrected chi connectivity index (χ0v) is 9.68. The first-order valence-electron chi connectivity index (χ1n) is 6.20. The van der Waals surface area contributed by atoms with Gasteiger partial charge >= 0.3 is 0 Å². The van der Waals surface area contributed by atoms with E-state index in [0.29, 0.717) is 0 Å². The molecule has 1 aliphatic carbocycles. The predicted molar refractivity (Wildman–Crippen MR) is 59.8 cm³/mol. The molecule has 1 fully saturated rings. The fraction of sp³-hybridized carbons (Fsp3) is 1.00. The van der Waals surface area contributed by atoms with Crippen LogP contribution >= 0.6 is 0 Å². The van der Waals surface area contributed by atoms with Crippen LogP contribution < -0.4 is 0 Å². The summed E-state index contributed by atoms with van der Waals surface area (Å²) in [5.41, 5.74) is 0. The van der Waals surface area contributed by atoms with E-state index in [9.17, 15) is 0 Å². The molecule has 0 heterocycles. The maximum atomic E-state index is 2.47. The summed E-state index contributed by atoms with van der Waals surface area (Å²) in [4.78, 5) is 0. The monoisotopic (exact) mass is 182 g/mol. The van der Waals surface area contributed by atoms with Crippen molar-refractivity contribution >= 4 is 0 Å². The van der Waals surface area contributed by atoms with Crippen LogP contribution in [-0.2, 0) is 0 Å². The lowest BCUT2D eigenvalue weighted by Gasteiger charge is -2.21. The van der Waals surface area contributed by atoms with E-state index in [4.69, 9.17) is 0 Å². The summed E-state index contributed by atoms with van der Waals surface area (Å²) in [7, 11) is 0. The Hall–Kier alpha value is 0. The van der Waals surface area contributed by atoms with Crippen molar-refractivity contribution in [2.45, 2.75) is 65.7 Å². The second kappa shape index (κ2) is 5.67. The van der Waals surface area contributed by atoms with Gasteiger partial charge in [0.15, 0.2) is 0 Å². The molecule has 1 rings (SSSR count). The minimum atomic E-state index is 0.899. The highest BCUT2D eigenvalue weighted by Crippen LogP contribution is 2.32. The van der Waals surface area contributed by atoms with Crippen molar-refractivity contribution in [1.29, 1.82) is 0 Å². The van der Waals surface area contributed by atoms with Crippen LogP contribution in [0.15, 0.2) is 0 Å². The molecule has 0 aromatic rings. The van der Waals surface area contributed by atoms with Crippen LogP contribution in [0.2, 0.25) is 0 Å². The Kier molecular flexibility index (Phi) is 4.83. The van der Waals surface area contributed by atoms with Gasteiger partial charge in [-0.05, 0) is 24.2 Å². The topological polar surface area (TPSA) is 0 Å². The first-order chi connectivity index (χ1) is 6.20. The van der Waals surface area contributed by atoms with Gasteiger partial charge in [0.05, 0.1) is 0 Å². The average molecular weight is 182 g/mol. The van der Waals surface area contributed by atoms with Gasteiger partial charge in [0.25, 0.3) is 0 Å². The second-order valence-electron chi connectivity index (χ2n) is 5.35. The third kappa shape index (κ3) is 4.15. The fourth-order valence-electron chi connectivity index (χ4n) is 2.55. The highest BCUT2D eigenvalue weighted by atomic mass is 14.2. The van der Waals surface area contributed by atoms with Gasteiger partial charge < -0.3 is 0 Å². The minimum absolute atomic E-state index is 0.899. The van der Waals surface area contributed by atoms with Crippen molar-refractivity contribution in [3.63, 3.8) is 0 Å². The van der Waals surface area contributed by atoms with E-state index in [1.807, 2.05) is 0 Å². The summed E-state index contributed by atoms with van der Waals surface area (Å²) < 4.78 is 0. The SMILES string of the molecule is CC(C)CCC1CCCCCC1C. The first-order valence-corrected chi connectivity index (χ1v) is 6.20. The molecule has 0 nitrogen and oxygen atoms in total. The lowest BCUT2D eigenvalue weighted by atomic mass is 9.84. The quantitative estimate of drug-likeness (QED) is 0.558. The highest BCUT2D eigenvalue weighted by Gasteiger charge is 2.19. The van der Waals surface area contributed by atoms with Crippen LogP contribution in [-0.4, -0.2) is 0 Å². The Balaban J connectivity index is 2.27. The highest BCUT2D eigenvalue weighted by molar-refractivity contribution is 4.71. The molecule has 78 valence electrons. The van der Waals surface area contributed by atoms with Crippen molar-refractivity contribution < 1.29 is 0 Å². The van der Waals surface area contributed by atoms with Gasteiger partial charge in [-0.1, -0.05) is 59.3 Å². The summed E-state index contributed by atoms with van der Waals surface area (Å²) in [6.45, 7) is 7.17. The van der Waals surface area contributed by atoms with E-state index in [2.05, 4.69) is 20.8 Å². The molecule has 0 bridgehead atoms. The molecular formula is C13H26. The molecule has 0 aromatic heterocycles. The Labute approximate surface area is 84.1 Å². The smallest absolute Gasteiger partial charge is 0.0388 e. The lowest BCUT2D eigenvalue weighted by Crippen LogP contribution is -2.10. The molecule has 13 heavy (non-hydrogen) atoms. The van der Waals surface area contributed by atoms with E-state index < -0.39 is 0 Å². The van der Waals surface area contributed by atoms with Gasteiger partial charge in [-0.3, -0.25) is 0 Å². The van der Waals surface area contributed by atoms with Crippen LogP contribution in [0.1, 0.15) is 65.7 Å². The zero-order valence-electron chi connectivity index (χ0n) is 9.68. The van der Waals surface area contributed by atoms with Gasteiger partial charge in [0.2, 0.25) is 0 Å². The Bertz CT molecular complexity index is 126. The van der Waals surface area contributed by atoms with Crippen molar-refractivity contribution in [1.82, 2.24) is 0 Å². The maximum Gasteiger partial charge on any atom is -0.0388 e. The summed E-state index contributed by atoms with van der Waals surface area (Å²) in [5, 5.41) is 0. The maximum absolute atomic E-state index is 2.47. The molecule has 0 amide bonds.